The molecule has 1 amide bonds. The van der Waals surface area contributed by atoms with E-state index in [1.165, 1.54) is 0 Å². The van der Waals surface area contributed by atoms with Crippen molar-refractivity contribution in [3.63, 3.8) is 0 Å². The third-order valence-electron chi connectivity index (χ3n) is 1.44. The average Bonchev–Trinajstić information content (AvgIpc) is 2.06. The predicted molar refractivity (Wildman–Crippen MR) is 52.3 cm³/mol. The first kappa shape index (κ1) is 9.63. The number of halogens is 1. The summed E-state index contributed by atoms with van der Waals surface area (Å²) in [5.74, 6) is 4.18. The molecule has 0 spiro atoms. The maximum absolute atomic E-state index is 10.4. The maximum Gasteiger partial charge on any atom is 0.293 e. The van der Waals surface area contributed by atoms with E-state index in [-0.39, 0.29) is 0 Å². The Labute approximate surface area is 81.7 Å². The fourth-order valence-electron chi connectivity index (χ4n) is 0.864. The van der Waals surface area contributed by atoms with E-state index < -0.39 is 5.91 Å². The topological polar surface area (TPSA) is 43.1 Å². The van der Waals surface area contributed by atoms with Crippen LogP contribution < -0.4 is 5.73 Å². The highest BCUT2D eigenvalue weighted by Crippen LogP contribution is 2.15. The molecule has 0 aliphatic heterocycles. The number of nitrogens with two attached hydrogens (primary N) is 1. The molecular weight excluding hydrogens is 186 g/mol. The lowest BCUT2D eigenvalue weighted by atomic mass is 10.1. The van der Waals surface area contributed by atoms with E-state index >= 15 is 0 Å². The molecule has 0 saturated carbocycles. The number of carbonyl (C=O) groups excluding carboxylic acids is 1. The smallest absolute Gasteiger partial charge is 0.293 e. The summed E-state index contributed by atoms with van der Waals surface area (Å²) in [6.07, 6.45) is 0. The van der Waals surface area contributed by atoms with Crippen LogP contribution in [0.3, 0.4) is 0 Å². The van der Waals surface area contributed by atoms with Gasteiger partial charge in [0, 0.05) is 11.5 Å². The normalized spacial score (nSPS) is 8.77. The third kappa shape index (κ3) is 2.81. The molecule has 0 radical (unpaired) electrons. The number of benzene rings is 1. The fourth-order valence-corrected chi connectivity index (χ4v) is 1.03. The van der Waals surface area contributed by atoms with E-state index in [1.54, 1.807) is 12.1 Å². The lowest BCUT2D eigenvalue weighted by molar-refractivity contribution is -0.112. The summed E-state index contributed by atoms with van der Waals surface area (Å²) in [7, 11) is 0. The highest BCUT2D eigenvalue weighted by Gasteiger charge is 1.96. The van der Waals surface area contributed by atoms with Crippen LogP contribution in [-0.4, -0.2) is 5.91 Å². The molecule has 0 aromatic heterocycles. The standard InChI is InChI=1S/C10H8ClNO/c1-7-2-4-9(11)8(6-7)3-5-10(12)13/h2,4,6H,1H3,(H2,12,13). The zero-order valence-electron chi connectivity index (χ0n) is 7.10. The molecule has 0 bridgehead atoms. The van der Waals surface area contributed by atoms with Gasteiger partial charge in [-0.2, -0.15) is 0 Å². The van der Waals surface area contributed by atoms with Crippen molar-refractivity contribution >= 4 is 17.5 Å². The minimum atomic E-state index is -0.655. The van der Waals surface area contributed by atoms with Gasteiger partial charge in [-0.3, -0.25) is 4.79 Å². The van der Waals surface area contributed by atoms with Crippen molar-refractivity contribution in [3.8, 4) is 11.8 Å². The monoisotopic (exact) mass is 193 g/mol. The van der Waals surface area contributed by atoms with Crippen molar-refractivity contribution in [2.45, 2.75) is 6.92 Å². The molecule has 66 valence electrons. The number of carbonyl (C=O) groups is 1. The van der Waals surface area contributed by atoms with E-state index in [0.29, 0.717) is 10.6 Å². The zero-order valence-corrected chi connectivity index (χ0v) is 7.85. The van der Waals surface area contributed by atoms with Crippen molar-refractivity contribution < 1.29 is 4.79 Å². The van der Waals surface area contributed by atoms with Gasteiger partial charge in [-0.15, -0.1) is 0 Å². The molecule has 2 N–H and O–H groups in total. The Morgan fingerprint density at radius 1 is 1.54 bits per heavy atom. The summed E-state index contributed by atoms with van der Waals surface area (Å²) in [6, 6.07) is 5.41. The maximum atomic E-state index is 10.4. The first-order valence-corrected chi connectivity index (χ1v) is 4.05. The van der Waals surface area contributed by atoms with Gasteiger partial charge in [0.2, 0.25) is 0 Å². The molecule has 2 nitrogen and oxygen atoms in total. The summed E-state index contributed by atoms with van der Waals surface area (Å²) in [6.45, 7) is 1.92. The molecule has 13 heavy (non-hydrogen) atoms. The quantitative estimate of drug-likeness (QED) is 0.624. The van der Waals surface area contributed by atoms with Crippen molar-refractivity contribution in [2.75, 3.05) is 0 Å². The molecule has 1 rings (SSSR count). The first-order chi connectivity index (χ1) is 6.09. The van der Waals surface area contributed by atoms with Crippen LogP contribution in [0, 0.1) is 18.8 Å². The lowest BCUT2D eigenvalue weighted by Gasteiger charge is -1.96. The van der Waals surface area contributed by atoms with Gasteiger partial charge in [-0.05, 0) is 24.6 Å². The summed E-state index contributed by atoms with van der Waals surface area (Å²) in [5, 5.41) is 0.527. The van der Waals surface area contributed by atoms with Crippen molar-refractivity contribution in [2.24, 2.45) is 5.73 Å². The molecule has 0 heterocycles. The van der Waals surface area contributed by atoms with Crippen molar-refractivity contribution in [3.05, 3.63) is 34.3 Å². The summed E-state index contributed by atoms with van der Waals surface area (Å²) < 4.78 is 0. The second kappa shape index (κ2) is 3.97. The van der Waals surface area contributed by atoms with Crippen LogP contribution in [0.25, 0.3) is 0 Å². The van der Waals surface area contributed by atoms with Gasteiger partial charge in [0.15, 0.2) is 0 Å². The molecule has 0 aliphatic carbocycles. The SMILES string of the molecule is Cc1ccc(Cl)c(C#CC(N)=O)c1. The minimum absolute atomic E-state index is 0.527. The molecule has 0 fully saturated rings. The van der Waals surface area contributed by atoms with Crippen LogP contribution in [0.5, 0.6) is 0 Å². The third-order valence-corrected chi connectivity index (χ3v) is 1.77. The highest BCUT2D eigenvalue weighted by atomic mass is 35.5. The van der Waals surface area contributed by atoms with E-state index in [2.05, 4.69) is 11.8 Å². The van der Waals surface area contributed by atoms with Crippen LogP contribution in [-0.2, 0) is 4.79 Å². The van der Waals surface area contributed by atoms with Gasteiger partial charge >= 0.3 is 0 Å². The Morgan fingerprint density at radius 3 is 2.85 bits per heavy atom. The van der Waals surface area contributed by atoms with E-state index in [0.717, 1.165) is 5.56 Å². The van der Waals surface area contributed by atoms with Gasteiger partial charge in [0.1, 0.15) is 0 Å². The van der Waals surface area contributed by atoms with E-state index in [1.807, 2.05) is 13.0 Å². The Morgan fingerprint density at radius 2 is 2.23 bits per heavy atom. The highest BCUT2D eigenvalue weighted by molar-refractivity contribution is 6.31. The molecule has 0 saturated heterocycles. The molecule has 0 aliphatic rings. The largest absolute Gasteiger partial charge is 0.359 e. The number of hydrogen-bond donors (Lipinski definition) is 1. The van der Waals surface area contributed by atoms with Gasteiger partial charge in [-0.1, -0.05) is 23.6 Å². The van der Waals surface area contributed by atoms with Crippen LogP contribution in [0.2, 0.25) is 5.02 Å². The average molecular weight is 194 g/mol. The first-order valence-electron chi connectivity index (χ1n) is 3.67. The van der Waals surface area contributed by atoms with E-state index in [9.17, 15) is 4.79 Å². The molecule has 0 unspecified atom stereocenters. The van der Waals surface area contributed by atoms with Gasteiger partial charge in [0.25, 0.3) is 5.91 Å². The molecule has 0 atom stereocenters. The van der Waals surface area contributed by atoms with Gasteiger partial charge in [-0.25, -0.2) is 0 Å². The van der Waals surface area contributed by atoms with Crippen molar-refractivity contribution in [1.29, 1.82) is 0 Å². The van der Waals surface area contributed by atoms with Crippen LogP contribution in [0.1, 0.15) is 11.1 Å². The van der Waals surface area contributed by atoms with Crippen LogP contribution >= 0.6 is 11.6 Å². The Hall–Kier alpha value is -1.46. The van der Waals surface area contributed by atoms with Crippen molar-refractivity contribution in [1.82, 2.24) is 0 Å². The summed E-state index contributed by atoms with van der Waals surface area (Å²) in [5.41, 5.74) is 6.54. The Kier molecular flexibility index (Phi) is 2.94. The number of amides is 1. The molecule has 3 heteroatoms. The van der Waals surface area contributed by atoms with E-state index in [4.69, 9.17) is 17.3 Å². The Bertz CT molecular complexity index is 401. The summed E-state index contributed by atoms with van der Waals surface area (Å²) >= 11 is 5.83. The minimum Gasteiger partial charge on any atom is -0.359 e. The number of rotatable bonds is 0. The van der Waals surface area contributed by atoms with Gasteiger partial charge < -0.3 is 5.73 Å². The Balaban J connectivity index is 3.09. The molecule has 1 aromatic carbocycles. The second-order valence-electron chi connectivity index (χ2n) is 2.60. The second-order valence-corrected chi connectivity index (χ2v) is 3.00. The fraction of sp³-hybridized carbons (Fsp3) is 0.100. The van der Waals surface area contributed by atoms with Crippen LogP contribution in [0.15, 0.2) is 18.2 Å². The van der Waals surface area contributed by atoms with Crippen LogP contribution in [0.4, 0.5) is 0 Å². The van der Waals surface area contributed by atoms with Gasteiger partial charge in [0.05, 0.1) is 5.02 Å². The number of primary amides is 1. The predicted octanol–water partition coefficient (Wildman–Crippen LogP) is 1.49. The molecule has 1 aromatic rings. The number of aryl methyl sites for hydroxylation is 1. The molecular formula is C10H8ClNO. The summed E-state index contributed by atoms with van der Waals surface area (Å²) in [4.78, 5) is 10.4. The lowest BCUT2D eigenvalue weighted by Crippen LogP contribution is -2.06. The number of hydrogen-bond acceptors (Lipinski definition) is 1. The zero-order chi connectivity index (χ0) is 9.84.